The summed E-state index contributed by atoms with van der Waals surface area (Å²) in [6.45, 7) is 5.40. The Morgan fingerprint density at radius 3 is 2.21 bits per heavy atom. The maximum atomic E-state index is 6.20. The first-order valence-electron chi connectivity index (χ1n) is 6.09. The molecule has 0 N–H and O–H groups in total. The summed E-state index contributed by atoms with van der Waals surface area (Å²) >= 11 is 11.9. The Morgan fingerprint density at radius 1 is 1.00 bits per heavy atom. The van der Waals surface area contributed by atoms with Crippen molar-refractivity contribution < 1.29 is 0 Å². The third kappa shape index (κ3) is 5.57. The molecule has 19 heavy (non-hydrogen) atoms. The van der Waals surface area contributed by atoms with Crippen molar-refractivity contribution in [3.05, 3.63) is 29.3 Å². The van der Waals surface area contributed by atoms with Gasteiger partial charge in [-0.1, -0.05) is 23.7 Å². The van der Waals surface area contributed by atoms with Gasteiger partial charge in [0.15, 0.2) is 0 Å². The highest BCUT2D eigenvalue weighted by Gasteiger charge is 2.17. The standard InChI is InChI=1S/C13H18Cl2N2.2ClH/c14-6-3-7-16-8-10-17(11-9-16)13-5-2-1-4-12(13)15;;/h1-2,4-5H,3,6-11H2;2*1H. The molecule has 6 heteroatoms. The molecule has 0 aromatic heterocycles. The molecule has 0 spiro atoms. The van der Waals surface area contributed by atoms with Gasteiger partial charge >= 0.3 is 0 Å². The first-order chi connectivity index (χ1) is 8.31. The molecule has 0 saturated carbocycles. The van der Waals surface area contributed by atoms with Crippen molar-refractivity contribution in [2.75, 3.05) is 43.5 Å². The first kappa shape index (κ1) is 19.1. The molecule has 1 aliphatic heterocycles. The Bertz CT molecular complexity index is 354. The van der Waals surface area contributed by atoms with E-state index < -0.39 is 0 Å². The van der Waals surface area contributed by atoms with Gasteiger partial charge in [-0.25, -0.2) is 0 Å². The van der Waals surface area contributed by atoms with Crippen molar-refractivity contribution >= 4 is 53.7 Å². The number of nitrogens with zero attached hydrogens (tertiary/aromatic N) is 2. The van der Waals surface area contributed by atoms with E-state index in [0.717, 1.165) is 55.7 Å². The van der Waals surface area contributed by atoms with Crippen LogP contribution >= 0.6 is 48.0 Å². The van der Waals surface area contributed by atoms with Gasteiger partial charge in [-0.2, -0.15) is 0 Å². The SMILES string of the molecule is Cl.Cl.ClCCCN1CCN(c2ccccc2Cl)CC1. The van der Waals surface area contributed by atoms with Gasteiger partial charge < -0.3 is 4.90 Å². The lowest BCUT2D eigenvalue weighted by Crippen LogP contribution is -2.46. The highest BCUT2D eigenvalue weighted by molar-refractivity contribution is 6.33. The highest BCUT2D eigenvalue weighted by atomic mass is 35.5. The summed E-state index contributed by atoms with van der Waals surface area (Å²) in [7, 11) is 0. The molecule has 2 rings (SSSR count). The van der Waals surface area contributed by atoms with E-state index in [1.165, 1.54) is 0 Å². The molecule has 1 heterocycles. The van der Waals surface area contributed by atoms with Gasteiger partial charge in [0, 0.05) is 32.1 Å². The van der Waals surface area contributed by atoms with E-state index in [0.29, 0.717) is 0 Å². The number of alkyl halides is 1. The van der Waals surface area contributed by atoms with Gasteiger partial charge in [0.2, 0.25) is 0 Å². The lowest BCUT2D eigenvalue weighted by atomic mass is 10.2. The summed E-state index contributed by atoms with van der Waals surface area (Å²) in [6, 6.07) is 8.07. The van der Waals surface area contributed by atoms with Crippen molar-refractivity contribution in [2.24, 2.45) is 0 Å². The smallest absolute Gasteiger partial charge is 0.0639 e. The Labute approximate surface area is 137 Å². The maximum Gasteiger partial charge on any atom is 0.0639 e. The van der Waals surface area contributed by atoms with Crippen LogP contribution in [0.2, 0.25) is 5.02 Å². The molecule has 1 fully saturated rings. The monoisotopic (exact) mass is 344 g/mol. The molecule has 0 bridgehead atoms. The van der Waals surface area contributed by atoms with Gasteiger partial charge in [0.1, 0.15) is 0 Å². The molecule has 0 atom stereocenters. The lowest BCUT2D eigenvalue weighted by Gasteiger charge is -2.36. The van der Waals surface area contributed by atoms with Crippen LogP contribution in [-0.4, -0.2) is 43.5 Å². The largest absolute Gasteiger partial charge is 0.368 e. The zero-order valence-electron chi connectivity index (χ0n) is 10.7. The van der Waals surface area contributed by atoms with E-state index in [2.05, 4.69) is 15.9 Å². The molecule has 0 amide bonds. The zero-order chi connectivity index (χ0) is 12.1. The van der Waals surface area contributed by atoms with Crippen LogP contribution in [0.3, 0.4) is 0 Å². The maximum absolute atomic E-state index is 6.20. The van der Waals surface area contributed by atoms with E-state index >= 15 is 0 Å². The number of anilines is 1. The number of piperazine rings is 1. The number of rotatable bonds is 4. The van der Waals surface area contributed by atoms with E-state index in [9.17, 15) is 0 Å². The van der Waals surface area contributed by atoms with Crippen LogP contribution in [0.4, 0.5) is 5.69 Å². The Hall–Kier alpha value is 0.140. The second-order valence-corrected chi connectivity index (χ2v) is 5.11. The molecular formula is C13H20Cl4N2. The minimum atomic E-state index is 0. The van der Waals surface area contributed by atoms with E-state index in [1.54, 1.807) is 0 Å². The number of benzene rings is 1. The van der Waals surface area contributed by atoms with Crippen molar-refractivity contribution in [3.63, 3.8) is 0 Å². The first-order valence-corrected chi connectivity index (χ1v) is 7.00. The van der Waals surface area contributed by atoms with Crippen LogP contribution in [-0.2, 0) is 0 Å². The highest BCUT2D eigenvalue weighted by Crippen LogP contribution is 2.25. The molecule has 0 aliphatic carbocycles. The van der Waals surface area contributed by atoms with Gasteiger partial charge in [-0.3, -0.25) is 4.90 Å². The van der Waals surface area contributed by atoms with Crippen molar-refractivity contribution in [3.8, 4) is 0 Å². The number of hydrogen-bond donors (Lipinski definition) is 0. The predicted octanol–water partition coefficient (Wildman–Crippen LogP) is 3.93. The van der Waals surface area contributed by atoms with Gasteiger partial charge in [0.25, 0.3) is 0 Å². The number of halogens is 4. The van der Waals surface area contributed by atoms with Gasteiger partial charge in [-0.15, -0.1) is 36.4 Å². The summed E-state index contributed by atoms with van der Waals surface area (Å²) in [5.74, 6) is 0.755. The third-order valence-corrected chi connectivity index (χ3v) is 3.76. The summed E-state index contributed by atoms with van der Waals surface area (Å²) in [4.78, 5) is 4.83. The minimum absolute atomic E-state index is 0. The fourth-order valence-corrected chi connectivity index (χ4v) is 2.58. The molecule has 2 nitrogen and oxygen atoms in total. The summed E-state index contributed by atoms with van der Waals surface area (Å²) in [5.41, 5.74) is 1.16. The minimum Gasteiger partial charge on any atom is -0.368 e. The van der Waals surface area contributed by atoms with Crippen LogP contribution < -0.4 is 4.90 Å². The number of hydrogen-bond acceptors (Lipinski definition) is 2. The van der Waals surface area contributed by atoms with Crippen LogP contribution in [0.1, 0.15) is 6.42 Å². The van der Waals surface area contributed by atoms with Gasteiger partial charge in [-0.05, 0) is 25.1 Å². The average Bonchev–Trinajstić information content (AvgIpc) is 2.38. The topological polar surface area (TPSA) is 6.48 Å². The number of para-hydroxylation sites is 1. The summed E-state index contributed by atoms with van der Waals surface area (Å²) < 4.78 is 0. The Kier molecular flexibility index (Phi) is 10.0. The second kappa shape index (κ2) is 9.95. The Morgan fingerprint density at radius 2 is 1.63 bits per heavy atom. The molecule has 0 radical (unpaired) electrons. The Balaban J connectivity index is 0.00000162. The third-order valence-electron chi connectivity index (χ3n) is 3.17. The molecule has 110 valence electrons. The second-order valence-electron chi connectivity index (χ2n) is 4.32. The lowest BCUT2D eigenvalue weighted by molar-refractivity contribution is 0.259. The van der Waals surface area contributed by atoms with Crippen molar-refractivity contribution in [2.45, 2.75) is 6.42 Å². The zero-order valence-corrected chi connectivity index (χ0v) is 13.9. The van der Waals surface area contributed by atoms with Crippen molar-refractivity contribution in [1.82, 2.24) is 4.90 Å². The molecular weight excluding hydrogens is 326 g/mol. The van der Waals surface area contributed by atoms with E-state index in [-0.39, 0.29) is 24.8 Å². The van der Waals surface area contributed by atoms with Gasteiger partial charge in [0.05, 0.1) is 10.7 Å². The summed E-state index contributed by atoms with van der Waals surface area (Å²) in [5, 5.41) is 0.849. The van der Waals surface area contributed by atoms with Crippen LogP contribution in [0.25, 0.3) is 0 Å². The average molecular weight is 346 g/mol. The molecule has 1 saturated heterocycles. The predicted molar refractivity (Wildman–Crippen MR) is 89.9 cm³/mol. The molecule has 1 aromatic carbocycles. The van der Waals surface area contributed by atoms with Crippen LogP contribution in [0, 0.1) is 0 Å². The molecule has 0 unspecified atom stereocenters. The van der Waals surface area contributed by atoms with E-state index in [1.807, 2.05) is 18.2 Å². The van der Waals surface area contributed by atoms with Crippen LogP contribution in [0.15, 0.2) is 24.3 Å². The fraction of sp³-hybridized carbons (Fsp3) is 0.538. The molecule has 1 aliphatic rings. The van der Waals surface area contributed by atoms with Crippen LogP contribution in [0.5, 0.6) is 0 Å². The fourth-order valence-electron chi connectivity index (χ4n) is 2.20. The van der Waals surface area contributed by atoms with E-state index in [4.69, 9.17) is 23.2 Å². The van der Waals surface area contributed by atoms with Crippen molar-refractivity contribution in [1.29, 1.82) is 0 Å². The summed E-state index contributed by atoms with van der Waals surface area (Å²) in [6.07, 6.45) is 1.08. The quantitative estimate of drug-likeness (QED) is 0.763. The normalized spacial score (nSPS) is 15.6. The molecule has 1 aromatic rings.